The van der Waals surface area contributed by atoms with E-state index in [9.17, 15) is 19.8 Å². The van der Waals surface area contributed by atoms with Crippen molar-refractivity contribution in [3.8, 4) is 0 Å². The largest absolute Gasteiger partial charge is 0.463 e. The van der Waals surface area contributed by atoms with Crippen molar-refractivity contribution in [2.75, 3.05) is 6.61 Å². The third-order valence-corrected chi connectivity index (χ3v) is 4.11. The van der Waals surface area contributed by atoms with Crippen LogP contribution in [-0.2, 0) is 14.3 Å². The summed E-state index contributed by atoms with van der Waals surface area (Å²) in [7, 11) is 0. The average molecular weight is 377 g/mol. The molecule has 2 N–H and O–H groups in total. The molecule has 1 saturated heterocycles. The number of rotatable bonds is 4. The minimum Gasteiger partial charge on any atom is -0.463 e. The van der Waals surface area contributed by atoms with E-state index < -0.39 is 42.0 Å². The van der Waals surface area contributed by atoms with Gasteiger partial charge in [0.1, 0.15) is 17.8 Å². The molecule has 1 aliphatic rings. The number of hydrogen-bond donors (Lipinski definition) is 2. The van der Waals surface area contributed by atoms with E-state index in [2.05, 4.69) is 0 Å². The molecule has 0 aliphatic carbocycles. The molecule has 0 bridgehead atoms. The number of likely N-dealkylation sites (tertiary alicyclic amines) is 1. The maximum Gasteiger partial charge on any atom is 0.411 e. The molecule has 0 radical (unpaired) electrons. The lowest BCUT2D eigenvalue weighted by atomic mass is 10.0. The van der Waals surface area contributed by atoms with E-state index in [1.54, 1.807) is 52.0 Å². The predicted molar refractivity (Wildman–Crippen MR) is 98.8 cm³/mol. The molecular weight excluding hydrogens is 350 g/mol. The van der Waals surface area contributed by atoms with Crippen molar-refractivity contribution in [1.29, 1.82) is 0 Å². The zero-order chi connectivity index (χ0) is 20.2. The van der Waals surface area contributed by atoms with Gasteiger partial charge in [0.25, 0.3) is 0 Å². The van der Waals surface area contributed by atoms with Crippen LogP contribution < -0.4 is 0 Å². The van der Waals surface area contributed by atoms with Crippen molar-refractivity contribution in [3.63, 3.8) is 0 Å². The smallest absolute Gasteiger partial charge is 0.411 e. The quantitative estimate of drug-likeness (QED) is 0.617. The predicted octanol–water partition coefficient (Wildman–Crippen LogP) is 2.19. The van der Waals surface area contributed by atoms with Crippen LogP contribution >= 0.6 is 0 Å². The normalized spacial score (nSPS) is 25.6. The summed E-state index contributed by atoms with van der Waals surface area (Å²) < 4.78 is 10.3. The summed E-state index contributed by atoms with van der Waals surface area (Å²) in [6.07, 6.45) is -0.705. The van der Waals surface area contributed by atoms with Crippen LogP contribution in [0.4, 0.5) is 4.79 Å². The van der Waals surface area contributed by atoms with Gasteiger partial charge < -0.3 is 19.7 Å². The van der Waals surface area contributed by atoms with Gasteiger partial charge >= 0.3 is 12.1 Å². The summed E-state index contributed by atoms with van der Waals surface area (Å²) in [5, 5.41) is 21.2. The third-order valence-electron chi connectivity index (χ3n) is 4.11. The number of amides is 1. The maximum atomic E-state index is 12.8. The highest BCUT2D eigenvalue weighted by Gasteiger charge is 2.50. The van der Waals surface area contributed by atoms with Gasteiger partial charge in [0.15, 0.2) is 0 Å². The number of carbonyl (C=O) groups excluding carboxylic acids is 2. The molecular formula is C20H27NO6. The van der Waals surface area contributed by atoms with Crippen LogP contribution in [0.2, 0.25) is 0 Å². The van der Waals surface area contributed by atoms with Gasteiger partial charge in [-0.2, -0.15) is 0 Å². The number of nitrogens with zero attached hydrogens (tertiary/aromatic N) is 1. The topological polar surface area (TPSA) is 96.3 Å². The van der Waals surface area contributed by atoms with E-state index in [1.807, 2.05) is 6.07 Å². The standard InChI is InChI=1S/C20H27NO6/c1-5-26-15(22)12-11-14-17(23)18(24)16(13-9-7-6-8-10-13)21(14)19(25)27-20(2,3)4/h6-12,14,16-18,23-24H,5H2,1-4H3/b12-11-/t14-,16+,17-,18+/m1/s1. The first-order valence-corrected chi connectivity index (χ1v) is 8.93. The first-order chi connectivity index (χ1) is 12.7. The van der Waals surface area contributed by atoms with Crippen molar-refractivity contribution in [1.82, 2.24) is 4.90 Å². The molecule has 7 nitrogen and oxygen atoms in total. The first kappa shape index (κ1) is 20.9. The van der Waals surface area contributed by atoms with Crippen molar-refractivity contribution in [2.24, 2.45) is 0 Å². The van der Waals surface area contributed by atoms with E-state index in [0.29, 0.717) is 5.56 Å². The molecule has 1 aromatic carbocycles. The fourth-order valence-corrected chi connectivity index (χ4v) is 3.04. The highest BCUT2D eigenvalue weighted by atomic mass is 16.6. The molecule has 7 heteroatoms. The van der Waals surface area contributed by atoms with Gasteiger partial charge in [0, 0.05) is 6.08 Å². The molecule has 1 aliphatic heterocycles. The van der Waals surface area contributed by atoms with Crippen molar-refractivity contribution >= 4 is 12.1 Å². The van der Waals surface area contributed by atoms with Gasteiger partial charge in [-0.25, -0.2) is 9.59 Å². The van der Waals surface area contributed by atoms with Gasteiger partial charge in [0.2, 0.25) is 0 Å². The third kappa shape index (κ3) is 5.08. The summed E-state index contributed by atoms with van der Waals surface area (Å²) in [5.41, 5.74) is -0.103. The lowest BCUT2D eigenvalue weighted by Gasteiger charge is -2.32. The van der Waals surface area contributed by atoms with Crippen LogP contribution in [0.3, 0.4) is 0 Å². The SMILES string of the molecule is CCOC(=O)/C=C\[C@@H]1[C@@H](O)[C@@H](O)[C@H](c2ccccc2)N1C(=O)OC(C)(C)C. The average Bonchev–Trinajstić information content (AvgIpc) is 2.84. The fraction of sp³-hybridized carbons (Fsp3) is 0.500. The van der Waals surface area contributed by atoms with E-state index >= 15 is 0 Å². The number of ether oxygens (including phenoxy) is 2. The molecule has 1 fully saturated rings. The summed E-state index contributed by atoms with van der Waals surface area (Å²) in [6, 6.07) is 7.15. The molecule has 27 heavy (non-hydrogen) atoms. The lowest BCUT2D eigenvalue weighted by molar-refractivity contribution is -0.137. The van der Waals surface area contributed by atoms with Gasteiger partial charge in [-0.1, -0.05) is 36.4 Å². The number of esters is 1. The lowest BCUT2D eigenvalue weighted by Crippen LogP contribution is -2.42. The van der Waals surface area contributed by atoms with Crippen LogP contribution in [0, 0.1) is 0 Å². The Morgan fingerprint density at radius 2 is 1.78 bits per heavy atom. The van der Waals surface area contributed by atoms with Crippen LogP contribution in [0.25, 0.3) is 0 Å². The zero-order valence-corrected chi connectivity index (χ0v) is 16.0. The Bertz CT molecular complexity index is 681. The minimum absolute atomic E-state index is 0.210. The summed E-state index contributed by atoms with van der Waals surface area (Å²) in [6.45, 7) is 7.08. The van der Waals surface area contributed by atoms with Gasteiger partial charge in [-0.05, 0) is 33.3 Å². The Kier molecular flexibility index (Phi) is 6.62. The fourth-order valence-electron chi connectivity index (χ4n) is 3.04. The zero-order valence-electron chi connectivity index (χ0n) is 16.0. The van der Waals surface area contributed by atoms with Crippen molar-refractivity contribution < 1.29 is 29.3 Å². The highest BCUT2D eigenvalue weighted by Crippen LogP contribution is 2.38. The number of hydrogen-bond acceptors (Lipinski definition) is 6. The molecule has 1 aromatic rings. The first-order valence-electron chi connectivity index (χ1n) is 8.93. The second-order valence-electron chi connectivity index (χ2n) is 7.33. The van der Waals surface area contributed by atoms with Crippen molar-refractivity contribution in [2.45, 2.75) is 57.6 Å². The summed E-state index contributed by atoms with van der Waals surface area (Å²) in [4.78, 5) is 25.8. The molecule has 0 unspecified atom stereocenters. The van der Waals surface area contributed by atoms with E-state index in [0.717, 1.165) is 6.08 Å². The van der Waals surface area contributed by atoms with E-state index in [-0.39, 0.29) is 6.61 Å². The molecule has 0 saturated carbocycles. The van der Waals surface area contributed by atoms with Gasteiger partial charge in [-0.3, -0.25) is 4.90 Å². The van der Waals surface area contributed by atoms with E-state index in [1.165, 1.54) is 11.0 Å². The molecule has 1 heterocycles. The Balaban J connectivity index is 2.40. The Hall–Kier alpha value is -2.38. The maximum absolute atomic E-state index is 12.8. The van der Waals surface area contributed by atoms with Crippen LogP contribution in [-0.4, -0.2) is 57.6 Å². The second-order valence-corrected chi connectivity index (χ2v) is 7.33. The number of aliphatic hydroxyl groups is 2. The second kappa shape index (κ2) is 8.54. The Morgan fingerprint density at radius 3 is 2.33 bits per heavy atom. The summed E-state index contributed by atoms with van der Waals surface area (Å²) in [5.74, 6) is -0.591. The Labute approximate surface area is 159 Å². The monoisotopic (exact) mass is 377 g/mol. The van der Waals surface area contributed by atoms with Crippen molar-refractivity contribution in [3.05, 3.63) is 48.0 Å². The van der Waals surface area contributed by atoms with Gasteiger partial charge in [0.05, 0.1) is 18.7 Å². The van der Waals surface area contributed by atoms with Crippen LogP contribution in [0.5, 0.6) is 0 Å². The summed E-state index contributed by atoms with van der Waals surface area (Å²) >= 11 is 0. The molecule has 0 spiro atoms. The van der Waals surface area contributed by atoms with E-state index in [4.69, 9.17) is 9.47 Å². The van der Waals surface area contributed by atoms with Crippen LogP contribution in [0.1, 0.15) is 39.3 Å². The number of benzene rings is 1. The van der Waals surface area contributed by atoms with Crippen LogP contribution in [0.15, 0.2) is 42.5 Å². The number of carbonyl (C=O) groups is 2. The number of aliphatic hydroxyl groups excluding tert-OH is 2. The highest BCUT2D eigenvalue weighted by molar-refractivity contribution is 5.82. The molecule has 2 rings (SSSR count). The van der Waals surface area contributed by atoms with Gasteiger partial charge in [-0.15, -0.1) is 0 Å². The Morgan fingerprint density at radius 1 is 1.15 bits per heavy atom. The molecule has 0 aromatic heterocycles. The molecule has 148 valence electrons. The molecule has 4 atom stereocenters. The minimum atomic E-state index is -1.28. The molecule has 1 amide bonds.